The van der Waals surface area contributed by atoms with Crippen LogP contribution in [-0.4, -0.2) is 19.1 Å². The van der Waals surface area contributed by atoms with Crippen molar-refractivity contribution in [3.63, 3.8) is 0 Å². The molecule has 0 radical (unpaired) electrons. The molecule has 0 aromatic heterocycles. The Hall–Kier alpha value is -0.440. The molecule has 0 heterocycles. The highest BCUT2D eigenvalue weighted by atomic mass is 35.5. The fourth-order valence-electron chi connectivity index (χ4n) is 1.28. The predicted octanol–water partition coefficient (Wildman–Crippen LogP) is 3.79. The molecule has 0 bridgehead atoms. The van der Waals surface area contributed by atoms with Gasteiger partial charge in [0.05, 0.1) is 10.0 Å². The van der Waals surface area contributed by atoms with Gasteiger partial charge in [0.1, 0.15) is 0 Å². The van der Waals surface area contributed by atoms with Gasteiger partial charge >= 0.3 is 0 Å². The SMILES string of the molecule is CCC(C)NCCNc1ccc(Cl)c(Cl)c1. The molecule has 0 spiro atoms. The van der Waals surface area contributed by atoms with Gasteiger partial charge in [0.25, 0.3) is 0 Å². The Kier molecular flexibility index (Phi) is 5.96. The molecule has 2 nitrogen and oxygen atoms in total. The van der Waals surface area contributed by atoms with Gasteiger partial charge in [-0.3, -0.25) is 0 Å². The van der Waals surface area contributed by atoms with Gasteiger partial charge in [-0.25, -0.2) is 0 Å². The normalized spacial score (nSPS) is 12.5. The first kappa shape index (κ1) is 13.6. The molecule has 0 fully saturated rings. The van der Waals surface area contributed by atoms with Gasteiger partial charge < -0.3 is 10.6 Å². The highest BCUT2D eigenvalue weighted by Gasteiger charge is 1.99. The average Bonchev–Trinajstić information content (AvgIpc) is 2.28. The number of hydrogen-bond acceptors (Lipinski definition) is 2. The van der Waals surface area contributed by atoms with Crippen LogP contribution in [0, 0.1) is 0 Å². The summed E-state index contributed by atoms with van der Waals surface area (Å²) in [4.78, 5) is 0. The standard InChI is InChI=1S/C12H18Cl2N2/c1-3-9(2)15-6-7-16-10-4-5-11(13)12(14)8-10/h4-5,8-9,15-16H,3,6-7H2,1-2H3. The van der Waals surface area contributed by atoms with Gasteiger partial charge in [0, 0.05) is 24.8 Å². The molecule has 90 valence electrons. The molecule has 1 rings (SSSR count). The Labute approximate surface area is 107 Å². The summed E-state index contributed by atoms with van der Waals surface area (Å²) in [5, 5.41) is 7.87. The third-order valence-electron chi connectivity index (χ3n) is 2.48. The van der Waals surface area contributed by atoms with Crippen LogP contribution in [-0.2, 0) is 0 Å². The van der Waals surface area contributed by atoms with Crippen molar-refractivity contribution in [3.8, 4) is 0 Å². The van der Waals surface area contributed by atoms with Crippen LogP contribution in [0.2, 0.25) is 10.0 Å². The van der Waals surface area contributed by atoms with Crippen LogP contribution in [0.3, 0.4) is 0 Å². The molecule has 0 amide bonds. The Bertz CT molecular complexity index is 329. The predicted molar refractivity (Wildman–Crippen MR) is 72.7 cm³/mol. The summed E-state index contributed by atoms with van der Waals surface area (Å²) in [7, 11) is 0. The summed E-state index contributed by atoms with van der Waals surface area (Å²) in [6, 6.07) is 6.13. The Morgan fingerprint density at radius 1 is 1.19 bits per heavy atom. The van der Waals surface area contributed by atoms with Crippen molar-refractivity contribution < 1.29 is 0 Å². The largest absolute Gasteiger partial charge is 0.384 e. The van der Waals surface area contributed by atoms with Crippen LogP contribution < -0.4 is 10.6 Å². The van der Waals surface area contributed by atoms with Gasteiger partial charge in [0.15, 0.2) is 0 Å². The van der Waals surface area contributed by atoms with E-state index in [1.54, 1.807) is 6.07 Å². The van der Waals surface area contributed by atoms with E-state index in [2.05, 4.69) is 24.5 Å². The zero-order valence-electron chi connectivity index (χ0n) is 9.69. The average molecular weight is 261 g/mol. The van der Waals surface area contributed by atoms with E-state index in [-0.39, 0.29) is 0 Å². The van der Waals surface area contributed by atoms with Crippen molar-refractivity contribution in [3.05, 3.63) is 28.2 Å². The second-order valence-electron chi connectivity index (χ2n) is 3.82. The summed E-state index contributed by atoms with van der Waals surface area (Å²) in [5.41, 5.74) is 1.00. The minimum Gasteiger partial charge on any atom is -0.384 e. The molecule has 16 heavy (non-hydrogen) atoms. The molecule has 0 saturated heterocycles. The Morgan fingerprint density at radius 3 is 2.56 bits per heavy atom. The first-order chi connectivity index (χ1) is 7.63. The summed E-state index contributed by atoms with van der Waals surface area (Å²) in [5.74, 6) is 0. The van der Waals surface area contributed by atoms with E-state index >= 15 is 0 Å². The molecule has 0 saturated carbocycles. The summed E-state index contributed by atoms with van der Waals surface area (Å²) in [6.45, 7) is 6.17. The maximum absolute atomic E-state index is 5.91. The first-order valence-electron chi connectivity index (χ1n) is 5.55. The van der Waals surface area contributed by atoms with Crippen LogP contribution in [0.4, 0.5) is 5.69 Å². The fraction of sp³-hybridized carbons (Fsp3) is 0.500. The van der Waals surface area contributed by atoms with Crippen molar-refractivity contribution in [2.75, 3.05) is 18.4 Å². The summed E-state index contributed by atoms with van der Waals surface area (Å²) in [6.07, 6.45) is 1.15. The molecule has 1 unspecified atom stereocenters. The van der Waals surface area contributed by atoms with E-state index in [9.17, 15) is 0 Å². The van der Waals surface area contributed by atoms with Crippen LogP contribution in [0.15, 0.2) is 18.2 Å². The van der Waals surface area contributed by atoms with Crippen molar-refractivity contribution in [1.82, 2.24) is 5.32 Å². The number of rotatable bonds is 6. The molecule has 2 N–H and O–H groups in total. The monoisotopic (exact) mass is 260 g/mol. The van der Waals surface area contributed by atoms with Crippen molar-refractivity contribution in [1.29, 1.82) is 0 Å². The van der Waals surface area contributed by atoms with Crippen LogP contribution in [0.5, 0.6) is 0 Å². The lowest BCUT2D eigenvalue weighted by molar-refractivity contribution is 0.546. The third kappa shape index (κ3) is 4.60. The maximum atomic E-state index is 5.91. The third-order valence-corrected chi connectivity index (χ3v) is 3.22. The highest BCUT2D eigenvalue weighted by Crippen LogP contribution is 2.24. The van der Waals surface area contributed by atoms with Crippen molar-refractivity contribution >= 4 is 28.9 Å². The van der Waals surface area contributed by atoms with Gasteiger partial charge in [-0.15, -0.1) is 0 Å². The Balaban J connectivity index is 2.29. The lowest BCUT2D eigenvalue weighted by Gasteiger charge is -2.12. The molecular formula is C12H18Cl2N2. The number of anilines is 1. The van der Waals surface area contributed by atoms with Gasteiger partial charge in [0.2, 0.25) is 0 Å². The van der Waals surface area contributed by atoms with Crippen molar-refractivity contribution in [2.24, 2.45) is 0 Å². The molecule has 4 heteroatoms. The summed E-state index contributed by atoms with van der Waals surface area (Å²) >= 11 is 11.7. The quantitative estimate of drug-likeness (QED) is 0.761. The lowest BCUT2D eigenvalue weighted by Crippen LogP contribution is -2.30. The van der Waals surface area contributed by atoms with Crippen molar-refractivity contribution in [2.45, 2.75) is 26.3 Å². The van der Waals surface area contributed by atoms with Gasteiger partial charge in [-0.2, -0.15) is 0 Å². The molecule has 0 aliphatic heterocycles. The van der Waals surface area contributed by atoms with E-state index < -0.39 is 0 Å². The minimum absolute atomic E-state index is 0.565. The smallest absolute Gasteiger partial charge is 0.0612 e. The van der Waals surface area contributed by atoms with Crippen LogP contribution in [0.1, 0.15) is 20.3 Å². The number of halogens is 2. The van der Waals surface area contributed by atoms with E-state index in [1.807, 2.05) is 12.1 Å². The van der Waals surface area contributed by atoms with E-state index in [4.69, 9.17) is 23.2 Å². The topological polar surface area (TPSA) is 24.1 Å². The van der Waals surface area contributed by atoms with Gasteiger partial charge in [-0.05, 0) is 31.5 Å². The second-order valence-corrected chi connectivity index (χ2v) is 4.63. The second kappa shape index (κ2) is 7.00. The van der Waals surface area contributed by atoms with E-state index in [0.29, 0.717) is 16.1 Å². The molecular weight excluding hydrogens is 243 g/mol. The first-order valence-corrected chi connectivity index (χ1v) is 6.31. The number of hydrogen-bond donors (Lipinski definition) is 2. The van der Waals surface area contributed by atoms with E-state index in [1.165, 1.54) is 0 Å². The van der Waals surface area contributed by atoms with Crippen LogP contribution >= 0.6 is 23.2 Å². The lowest BCUT2D eigenvalue weighted by atomic mass is 10.2. The molecule has 1 aromatic rings. The molecule has 0 aliphatic carbocycles. The zero-order chi connectivity index (χ0) is 12.0. The molecule has 1 atom stereocenters. The molecule has 0 aliphatic rings. The zero-order valence-corrected chi connectivity index (χ0v) is 11.2. The maximum Gasteiger partial charge on any atom is 0.0612 e. The Morgan fingerprint density at radius 2 is 1.94 bits per heavy atom. The minimum atomic E-state index is 0.565. The highest BCUT2D eigenvalue weighted by molar-refractivity contribution is 6.42. The van der Waals surface area contributed by atoms with Crippen LogP contribution in [0.25, 0.3) is 0 Å². The number of nitrogens with one attached hydrogen (secondary N) is 2. The number of benzene rings is 1. The van der Waals surface area contributed by atoms with Gasteiger partial charge in [-0.1, -0.05) is 30.1 Å². The molecule has 1 aromatic carbocycles. The summed E-state index contributed by atoms with van der Waals surface area (Å²) < 4.78 is 0. The fourth-order valence-corrected chi connectivity index (χ4v) is 1.57. The van der Waals surface area contributed by atoms with E-state index in [0.717, 1.165) is 25.2 Å².